The van der Waals surface area contributed by atoms with Crippen LogP contribution in [0.2, 0.25) is 0 Å². The van der Waals surface area contributed by atoms with Crippen molar-refractivity contribution in [1.29, 1.82) is 0 Å². The minimum atomic E-state index is 0.106. The number of fused-ring (bicyclic) bond motifs is 1. The molecule has 2 N–H and O–H groups in total. The lowest BCUT2D eigenvalue weighted by Crippen LogP contribution is -3.13. The van der Waals surface area contributed by atoms with Crippen LogP contribution in [-0.2, 0) is 6.54 Å². The molecule has 1 aliphatic heterocycles. The zero-order chi connectivity index (χ0) is 16.4. The predicted octanol–water partition coefficient (Wildman–Crippen LogP) is 1.10. The summed E-state index contributed by atoms with van der Waals surface area (Å²) in [6.07, 6.45) is 3.68. The van der Waals surface area contributed by atoms with Crippen molar-refractivity contribution in [3.63, 3.8) is 0 Å². The van der Waals surface area contributed by atoms with Gasteiger partial charge in [-0.2, -0.15) is 0 Å². The summed E-state index contributed by atoms with van der Waals surface area (Å²) in [5.41, 5.74) is 3.01. The maximum absolute atomic E-state index is 12.7. The molecule has 1 aromatic carbocycles. The van der Waals surface area contributed by atoms with Crippen molar-refractivity contribution in [3.05, 3.63) is 66.1 Å². The van der Waals surface area contributed by atoms with Gasteiger partial charge in [-0.25, -0.2) is 0 Å². The molecule has 0 unspecified atom stereocenters. The summed E-state index contributed by atoms with van der Waals surface area (Å²) in [7, 11) is 0. The first-order valence-electron chi connectivity index (χ1n) is 8.39. The third-order valence-electron chi connectivity index (χ3n) is 4.72. The van der Waals surface area contributed by atoms with Crippen LogP contribution < -0.4 is 4.90 Å². The van der Waals surface area contributed by atoms with Gasteiger partial charge in [0.25, 0.3) is 5.91 Å². The largest absolute Gasteiger partial charge is 0.351 e. The van der Waals surface area contributed by atoms with E-state index < -0.39 is 0 Å². The molecule has 3 heterocycles. The Balaban J connectivity index is 1.39. The number of benzene rings is 1. The molecule has 3 aromatic rings. The Morgan fingerprint density at radius 2 is 1.88 bits per heavy atom. The van der Waals surface area contributed by atoms with Crippen LogP contribution in [0.4, 0.5) is 0 Å². The highest BCUT2D eigenvalue weighted by molar-refractivity contribution is 5.98. The summed E-state index contributed by atoms with van der Waals surface area (Å²) in [5.74, 6) is 0.106. The minimum absolute atomic E-state index is 0.106. The fraction of sp³-hybridized carbons (Fsp3) is 0.263. The molecule has 0 atom stereocenters. The van der Waals surface area contributed by atoms with Crippen molar-refractivity contribution < 1.29 is 9.69 Å². The molecule has 1 aliphatic rings. The minimum Gasteiger partial charge on any atom is -0.351 e. The molecule has 1 saturated heterocycles. The SMILES string of the molecule is O=C(c1cc2ccccc2[nH]1)N1CC[NH+](Cc2ccncc2)CC1. The molecule has 5 nitrogen and oxygen atoms in total. The first-order valence-corrected chi connectivity index (χ1v) is 8.39. The molecule has 0 spiro atoms. The van der Waals surface area contributed by atoms with Crippen LogP contribution in [0.5, 0.6) is 0 Å². The van der Waals surface area contributed by atoms with Gasteiger partial charge in [0.15, 0.2) is 0 Å². The highest BCUT2D eigenvalue weighted by Gasteiger charge is 2.25. The second-order valence-corrected chi connectivity index (χ2v) is 6.34. The summed E-state index contributed by atoms with van der Waals surface area (Å²) < 4.78 is 0. The molecular weight excluding hydrogens is 300 g/mol. The van der Waals surface area contributed by atoms with E-state index in [1.54, 1.807) is 0 Å². The van der Waals surface area contributed by atoms with Crippen LogP contribution in [0.25, 0.3) is 10.9 Å². The number of carbonyl (C=O) groups excluding carboxylic acids is 1. The second-order valence-electron chi connectivity index (χ2n) is 6.34. The highest BCUT2D eigenvalue weighted by atomic mass is 16.2. The lowest BCUT2D eigenvalue weighted by molar-refractivity contribution is -0.917. The van der Waals surface area contributed by atoms with E-state index in [9.17, 15) is 4.79 Å². The number of para-hydroxylation sites is 1. The number of nitrogens with one attached hydrogen (secondary N) is 2. The molecular formula is C19H21N4O+. The monoisotopic (exact) mass is 321 g/mol. The maximum atomic E-state index is 12.7. The Morgan fingerprint density at radius 1 is 1.12 bits per heavy atom. The third-order valence-corrected chi connectivity index (χ3v) is 4.72. The number of hydrogen-bond acceptors (Lipinski definition) is 2. The van der Waals surface area contributed by atoms with Gasteiger partial charge in [0.2, 0.25) is 0 Å². The number of nitrogens with zero attached hydrogens (tertiary/aromatic N) is 2. The molecule has 1 amide bonds. The summed E-state index contributed by atoms with van der Waals surface area (Å²) in [4.78, 5) is 23.5. The highest BCUT2D eigenvalue weighted by Crippen LogP contribution is 2.16. The van der Waals surface area contributed by atoms with Crippen molar-refractivity contribution >= 4 is 16.8 Å². The lowest BCUT2D eigenvalue weighted by Gasteiger charge is -2.32. The number of aromatic nitrogens is 2. The van der Waals surface area contributed by atoms with Crippen molar-refractivity contribution in [2.75, 3.05) is 26.2 Å². The summed E-state index contributed by atoms with van der Waals surface area (Å²) in [6.45, 7) is 4.56. The van der Waals surface area contributed by atoms with Crippen molar-refractivity contribution in [1.82, 2.24) is 14.9 Å². The van der Waals surface area contributed by atoms with Crippen molar-refractivity contribution in [2.45, 2.75) is 6.54 Å². The molecule has 0 aliphatic carbocycles. The molecule has 4 rings (SSSR count). The predicted molar refractivity (Wildman–Crippen MR) is 92.8 cm³/mol. The average Bonchev–Trinajstić information content (AvgIpc) is 3.07. The molecule has 1 fully saturated rings. The molecule has 122 valence electrons. The first kappa shape index (κ1) is 14.9. The zero-order valence-electron chi connectivity index (χ0n) is 13.5. The average molecular weight is 321 g/mol. The van der Waals surface area contributed by atoms with Crippen LogP contribution in [-0.4, -0.2) is 47.0 Å². The van der Waals surface area contributed by atoms with Crippen LogP contribution in [0, 0.1) is 0 Å². The van der Waals surface area contributed by atoms with Gasteiger partial charge in [0, 0.05) is 28.9 Å². The van der Waals surface area contributed by atoms with Crippen molar-refractivity contribution in [3.8, 4) is 0 Å². The number of hydrogen-bond donors (Lipinski definition) is 2. The Labute approximate surface area is 140 Å². The molecule has 0 radical (unpaired) electrons. The number of aromatic amines is 1. The van der Waals surface area contributed by atoms with Gasteiger partial charge in [-0.3, -0.25) is 9.78 Å². The number of rotatable bonds is 3. The number of pyridine rings is 1. The van der Waals surface area contributed by atoms with Crippen molar-refractivity contribution in [2.24, 2.45) is 0 Å². The molecule has 2 aromatic heterocycles. The molecule has 24 heavy (non-hydrogen) atoms. The lowest BCUT2D eigenvalue weighted by atomic mass is 10.2. The van der Waals surface area contributed by atoms with Crippen LogP contribution in [0.15, 0.2) is 54.9 Å². The van der Waals surface area contributed by atoms with Crippen LogP contribution >= 0.6 is 0 Å². The van der Waals surface area contributed by atoms with Gasteiger partial charge < -0.3 is 14.8 Å². The molecule has 5 heteroatoms. The Kier molecular flexibility index (Phi) is 4.01. The standard InChI is InChI=1S/C19H20N4O/c24-19(18-13-16-3-1-2-4-17(16)21-18)23-11-9-22(10-12-23)14-15-5-7-20-8-6-15/h1-8,13,21H,9-12,14H2/p+1. The molecule has 0 saturated carbocycles. The van der Waals surface area contributed by atoms with E-state index in [0.717, 1.165) is 43.6 Å². The van der Waals surface area contributed by atoms with E-state index in [0.29, 0.717) is 5.69 Å². The summed E-state index contributed by atoms with van der Waals surface area (Å²) in [5, 5.41) is 1.09. The van der Waals surface area contributed by atoms with Gasteiger partial charge in [0.1, 0.15) is 12.2 Å². The third kappa shape index (κ3) is 3.03. The van der Waals surface area contributed by atoms with E-state index >= 15 is 0 Å². The normalized spacial score (nSPS) is 15.8. The fourth-order valence-corrected chi connectivity index (χ4v) is 3.35. The van der Waals surface area contributed by atoms with E-state index in [-0.39, 0.29) is 5.91 Å². The summed E-state index contributed by atoms with van der Waals surface area (Å²) >= 11 is 0. The summed E-state index contributed by atoms with van der Waals surface area (Å²) in [6, 6.07) is 14.1. The zero-order valence-corrected chi connectivity index (χ0v) is 13.5. The topological polar surface area (TPSA) is 53.4 Å². The van der Waals surface area contributed by atoms with Gasteiger partial charge in [-0.15, -0.1) is 0 Å². The van der Waals surface area contributed by atoms with Gasteiger partial charge in [-0.05, 0) is 24.3 Å². The van der Waals surface area contributed by atoms with Gasteiger partial charge in [0.05, 0.1) is 26.2 Å². The number of piperazine rings is 1. The number of amides is 1. The van der Waals surface area contributed by atoms with E-state index in [1.165, 1.54) is 10.5 Å². The van der Waals surface area contributed by atoms with Gasteiger partial charge in [-0.1, -0.05) is 18.2 Å². The Bertz CT molecular complexity index is 802. The van der Waals surface area contributed by atoms with E-state index in [2.05, 4.69) is 22.1 Å². The van der Waals surface area contributed by atoms with E-state index in [1.807, 2.05) is 47.6 Å². The number of quaternary nitrogens is 1. The molecule has 0 bridgehead atoms. The smallest absolute Gasteiger partial charge is 0.270 e. The fourth-order valence-electron chi connectivity index (χ4n) is 3.35. The van der Waals surface area contributed by atoms with E-state index in [4.69, 9.17) is 0 Å². The first-order chi connectivity index (χ1) is 11.8. The Hall–Kier alpha value is -2.66. The number of H-pyrrole nitrogens is 1. The second kappa shape index (κ2) is 6.45. The van der Waals surface area contributed by atoms with Crippen LogP contribution in [0.3, 0.4) is 0 Å². The Morgan fingerprint density at radius 3 is 2.62 bits per heavy atom. The van der Waals surface area contributed by atoms with Gasteiger partial charge >= 0.3 is 0 Å². The quantitative estimate of drug-likeness (QED) is 0.759. The number of carbonyl (C=O) groups is 1. The van der Waals surface area contributed by atoms with Crippen LogP contribution in [0.1, 0.15) is 16.1 Å². The maximum Gasteiger partial charge on any atom is 0.270 e.